The van der Waals surface area contributed by atoms with Crippen molar-refractivity contribution >= 4 is 23.5 Å². The Labute approximate surface area is 240 Å². The molecule has 2 N–H and O–H groups in total. The molecule has 8 nitrogen and oxygen atoms in total. The molecule has 212 valence electrons. The Bertz CT molecular complexity index is 1340. The molecule has 8 heteroatoms. The minimum Gasteiger partial charge on any atom is -0.489 e. The van der Waals surface area contributed by atoms with Gasteiger partial charge in [-0.1, -0.05) is 72.3 Å². The van der Waals surface area contributed by atoms with Crippen molar-refractivity contribution in [1.82, 2.24) is 10.2 Å². The Morgan fingerprint density at radius 3 is 2.22 bits per heavy atom. The number of nitrogens with one attached hydrogen (secondary N) is 1. The van der Waals surface area contributed by atoms with Crippen molar-refractivity contribution in [3.8, 4) is 5.75 Å². The zero-order valence-corrected chi connectivity index (χ0v) is 23.0. The summed E-state index contributed by atoms with van der Waals surface area (Å²) < 4.78 is 5.79. The Hall–Kier alpha value is -4.64. The summed E-state index contributed by atoms with van der Waals surface area (Å²) in [5.41, 5.74) is 3.46. The van der Waals surface area contributed by atoms with Crippen molar-refractivity contribution in [1.29, 1.82) is 0 Å². The molecule has 0 aromatic heterocycles. The van der Waals surface area contributed by atoms with E-state index in [0.717, 1.165) is 16.7 Å². The van der Waals surface area contributed by atoms with Crippen LogP contribution in [0.1, 0.15) is 42.4 Å². The summed E-state index contributed by atoms with van der Waals surface area (Å²) in [4.78, 5) is 42.5. The third-order valence-corrected chi connectivity index (χ3v) is 7.38. The summed E-state index contributed by atoms with van der Waals surface area (Å²) in [6, 6.07) is 23.3. The number of rotatable bonds is 12. The lowest BCUT2D eigenvalue weighted by atomic mass is 9.92. The molecular formula is C33H35N3O5. The topological polar surface area (TPSA) is 100 Å². The SMILES string of the molecule is [C-]#[N+]c1ccc(CCC(=O)N2CCC(CC(=O)N[C@@H](Cc3ccc(OCc4ccccc4)cc3)C(=O)O)CC2)cc1. The number of hydrogen-bond donors (Lipinski definition) is 2. The average Bonchev–Trinajstić information content (AvgIpc) is 3.00. The van der Waals surface area contributed by atoms with Gasteiger partial charge in [-0.25, -0.2) is 9.64 Å². The number of likely N-dealkylation sites (tertiary alicyclic amines) is 1. The number of carbonyl (C=O) groups is 3. The minimum absolute atomic E-state index is 0.0876. The summed E-state index contributed by atoms with van der Waals surface area (Å²) in [5, 5.41) is 12.4. The molecule has 0 unspecified atom stereocenters. The number of benzene rings is 3. The molecule has 1 fully saturated rings. The van der Waals surface area contributed by atoms with Gasteiger partial charge in [0.15, 0.2) is 5.69 Å². The van der Waals surface area contributed by atoms with E-state index in [0.29, 0.717) is 56.8 Å². The van der Waals surface area contributed by atoms with E-state index in [2.05, 4.69) is 10.2 Å². The van der Waals surface area contributed by atoms with E-state index in [1.165, 1.54) is 0 Å². The van der Waals surface area contributed by atoms with Gasteiger partial charge in [0.25, 0.3) is 0 Å². The van der Waals surface area contributed by atoms with Crippen LogP contribution in [0, 0.1) is 12.5 Å². The largest absolute Gasteiger partial charge is 0.489 e. The zero-order valence-electron chi connectivity index (χ0n) is 23.0. The first-order valence-corrected chi connectivity index (χ1v) is 13.9. The highest BCUT2D eigenvalue weighted by Crippen LogP contribution is 2.22. The standard InChI is InChI=1S/C33H35N3O5/c1-34-28-12-7-24(8-13-28)11-16-32(38)36-19-17-26(18-20-36)22-31(37)35-30(33(39)40)21-25-9-14-29(15-10-25)41-23-27-5-3-2-4-6-27/h2-10,12-15,26,30H,11,16-23H2,(H,35,37)(H,39,40)/t30-/m0/s1. The molecule has 1 atom stereocenters. The lowest BCUT2D eigenvalue weighted by molar-refractivity contribution is -0.142. The first kappa shape index (κ1) is 29.3. The van der Waals surface area contributed by atoms with Gasteiger partial charge in [-0.05, 0) is 48.4 Å². The van der Waals surface area contributed by atoms with Crippen LogP contribution in [0.5, 0.6) is 5.75 Å². The van der Waals surface area contributed by atoms with Gasteiger partial charge in [0.2, 0.25) is 11.8 Å². The number of aryl methyl sites for hydroxylation is 1. The third-order valence-electron chi connectivity index (χ3n) is 7.38. The lowest BCUT2D eigenvalue weighted by Gasteiger charge is -2.32. The summed E-state index contributed by atoms with van der Waals surface area (Å²) in [6.07, 6.45) is 2.86. The average molecular weight is 554 g/mol. The summed E-state index contributed by atoms with van der Waals surface area (Å²) >= 11 is 0. The number of aliphatic carboxylic acids is 1. The van der Waals surface area contributed by atoms with Crippen LogP contribution in [0.25, 0.3) is 4.85 Å². The van der Waals surface area contributed by atoms with Crippen molar-refractivity contribution in [3.63, 3.8) is 0 Å². The maximum Gasteiger partial charge on any atom is 0.326 e. The maximum absolute atomic E-state index is 12.7. The van der Waals surface area contributed by atoms with Crippen molar-refractivity contribution in [2.24, 2.45) is 5.92 Å². The number of piperidine rings is 1. The number of nitrogens with zero attached hydrogens (tertiary/aromatic N) is 2. The molecule has 3 aromatic rings. The number of carboxylic acids is 1. The molecule has 41 heavy (non-hydrogen) atoms. The van der Waals surface area contributed by atoms with Gasteiger partial charge in [0.05, 0.1) is 6.57 Å². The van der Waals surface area contributed by atoms with E-state index in [1.54, 1.807) is 24.3 Å². The van der Waals surface area contributed by atoms with Crippen LogP contribution in [0.2, 0.25) is 0 Å². The second-order valence-corrected chi connectivity index (χ2v) is 10.4. The van der Waals surface area contributed by atoms with E-state index in [1.807, 2.05) is 59.5 Å². The molecule has 0 radical (unpaired) electrons. The molecule has 2 amide bonds. The Kier molecular flexibility index (Phi) is 10.5. The lowest BCUT2D eigenvalue weighted by Crippen LogP contribution is -2.44. The van der Waals surface area contributed by atoms with Crippen molar-refractivity contribution in [2.75, 3.05) is 13.1 Å². The van der Waals surface area contributed by atoms with E-state index < -0.39 is 12.0 Å². The molecule has 1 saturated heterocycles. The first-order chi connectivity index (χ1) is 19.9. The van der Waals surface area contributed by atoms with Gasteiger partial charge in [-0.3, -0.25) is 9.59 Å². The summed E-state index contributed by atoms with van der Waals surface area (Å²) in [5.74, 6) is -0.478. The fraction of sp³-hybridized carbons (Fsp3) is 0.333. The zero-order chi connectivity index (χ0) is 29.0. The fourth-order valence-corrected chi connectivity index (χ4v) is 4.95. The van der Waals surface area contributed by atoms with Crippen LogP contribution in [-0.4, -0.2) is 46.9 Å². The quantitative estimate of drug-likeness (QED) is 0.301. The number of carboxylic acid groups (broad SMARTS) is 1. The number of carbonyl (C=O) groups excluding carboxylic acids is 2. The molecule has 1 heterocycles. The van der Waals surface area contributed by atoms with Crippen molar-refractivity contribution < 1.29 is 24.2 Å². The van der Waals surface area contributed by atoms with Gasteiger partial charge < -0.3 is 20.1 Å². The highest BCUT2D eigenvalue weighted by atomic mass is 16.5. The highest BCUT2D eigenvalue weighted by molar-refractivity contribution is 5.84. The molecule has 0 saturated carbocycles. The monoisotopic (exact) mass is 553 g/mol. The number of hydrogen-bond acceptors (Lipinski definition) is 4. The van der Waals surface area contributed by atoms with Gasteiger partial charge in [-0.2, -0.15) is 0 Å². The molecule has 0 aliphatic carbocycles. The molecular weight excluding hydrogens is 518 g/mol. The molecule has 1 aliphatic rings. The second-order valence-electron chi connectivity index (χ2n) is 10.4. The van der Waals surface area contributed by atoms with Crippen LogP contribution in [-0.2, 0) is 33.8 Å². The van der Waals surface area contributed by atoms with Gasteiger partial charge in [0, 0.05) is 32.4 Å². The Morgan fingerprint density at radius 1 is 0.927 bits per heavy atom. The third kappa shape index (κ3) is 9.21. The normalized spacial score (nSPS) is 14.1. The van der Waals surface area contributed by atoms with Crippen LogP contribution in [0.4, 0.5) is 5.69 Å². The van der Waals surface area contributed by atoms with Crippen molar-refractivity contribution in [3.05, 3.63) is 107 Å². The number of amides is 2. The van der Waals surface area contributed by atoms with Crippen LogP contribution < -0.4 is 10.1 Å². The molecule has 0 spiro atoms. The van der Waals surface area contributed by atoms with E-state index in [-0.39, 0.29) is 30.6 Å². The first-order valence-electron chi connectivity index (χ1n) is 13.9. The molecule has 0 bridgehead atoms. The smallest absolute Gasteiger partial charge is 0.326 e. The predicted octanol–water partition coefficient (Wildman–Crippen LogP) is 5.19. The molecule has 4 rings (SSSR count). The summed E-state index contributed by atoms with van der Waals surface area (Å²) in [6.45, 7) is 8.65. The van der Waals surface area contributed by atoms with E-state index in [4.69, 9.17) is 11.3 Å². The Morgan fingerprint density at radius 2 is 1.59 bits per heavy atom. The fourth-order valence-electron chi connectivity index (χ4n) is 4.95. The minimum atomic E-state index is -1.08. The Balaban J connectivity index is 1.18. The number of ether oxygens (including phenoxy) is 1. The molecule has 3 aromatic carbocycles. The van der Waals surface area contributed by atoms with Crippen LogP contribution in [0.3, 0.4) is 0 Å². The van der Waals surface area contributed by atoms with Gasteiger partial charge >= 0.3 is 5.97 Å². The van der Waals surface area contributed by atoms with Gasteiger partial charge in [-0.15, -0.1) is 0 Å². The maximum atomic E-state index is 12.7. The second kappa shape index (κ2) is 14.7. The molecule has 1 aliphatic heterocycles. The van der Waals surface area contributed by atoms with E-state index >= 15 is 0 Å². The van der Waals surface area contributed by atoms with Crippen LogP contribution in [0.15, 0.2) is 78.9 Å². The van der Waals surface area contributed by atoms with Crippen molar-refractivity contribution in [2.45, 2.75) is 51.2 Å². The van der Waals surface area contributed by atoms with E-state index in [9.17, 15) is 19.5 Å². The summed E-state index contributed by atoms with van der Waals surface area (Å²) in [7, 11) is 0. The predicted molar refractivity (Wildman–Crippen MR) is 155 cm³/mol. The van der Waals surface area contributed by atoms with Crippen LogP contribution >= 0.6 is 0 Å². The highest BCUT2D eigenvalue weighted by Gasteiger charge is 2.26. The van der Waals surface area contributed by atoms with Gasteiger partial charge in [0.1, 0.15) is 18.4 Å².